The van der Waals surface area contributed by atoms with E-state index in [1.165, 1.54) is 0 Å². The van der Waals surface area contributed by atoms with Crippen LogP contribution in [0.25, 0.3) is 0 Å². The molecule has 1 heterocycles. The van der Waals surface area contributed by atoms with Crippen LogP contribution >= 0.6 is 27.7 Å². The van der Waals surface area contributed by atoms with E-state index in [0.29, 0.717) is 5.82 Å². The summed E-state index contributed by atoms with van der Waals surface area (Å²) in [7, 11) is 0. The van der Waals surface area contributed by atoms with Gasteiger partial charge in [-0.25, -0.2) is 9.97 Å². The van der Waals surface area contributed by atoms with Gasteiger partial charge in [-0.05, 0) is 35.0 Å². The fraction of sp³-hybridized carbons (Fsp3) is 0.333. The van der Waals surface area contributed by atoms with E-state index in [0.717, 1.165) is 25.8 Å². The average Bonchev–Trinajstić information content (AvgIpc) is 2.36. The van der Waals surface area contributed by atoms with Crippen molar-refractivity contribution in [3.05, 3.63) is 40.1 Å². The van der Waals surface area contributed by atoms with Crippen molar-refractivity contribution in [2.24, 2.45) is 0 Å². The zero-order valence-corrected chi connectivity index (χ0v) is 14.5. The molecule has 0 saturated heterocycles. The van der Waals surface area contributed by atoms with Gasteiger partial charge in [-0.15, -0.1) is 0 Å². The summed E-state index contributed by atoms with van der Waals surface area (Å²) in [5, 5.41) is 0.911. The van der Waals surface area contributed by atoms with E-state index in [1.54, 1.807) is 11.8 Å². The Kier molecular flexibility index (Phi) is 4.39. The predicted molar refractivity (Wildman–Crippen MR) is 88.1 cm³/mol. The molecule has 5 heteroatoms. The number of benzene rings is 1. The predicted octanol–water partition coefficient (Wildman–Crippen LogP) is 4.58. The molecule has 0 aliphatic carbocycles. The number of aromatic nitrogens is 2. The van der Waals surface area contributed by atoms with Crippen molar-refractivity contribution in [1.29, 1.82) is 0 Å². The summed E-state index contributed by atoms with van der Waals surface area (Å²) in [6.45, 7) is 8.22. The third kappa shape index (κ3) is 3.33. The van der Waals surface area contributed by atoms with E-state index in [9.17, 15) is 0 Å². The number of rotatable bonds is 2. The first kappa shape index (κ1) is 15.3. The molecule has 3 nitrogen and oxygen atoms in total. The highest BCUT2D eigenvalue weighted by Gasteiger charge is 2.21. The van der Waals surface area contributed by atoms with Gasteiger partial charge in [0.15, 0.2) is 0 Å². The summed E-state index contributed by atoms with van der Waals surface area (Å²) in [5.74, 6) is 1.33. The lowest BCUT2D eigenvalue weighted by molar-refractivity contribution is 0.538. The number of hydrogen-bond acceptors (Lipinski definition) is 4. The van der Waals surface area contributed by atoms with Crippen LogP contribution in [-0.2, 0) is 5.41 Å². The average molecular weight is 352 g/mol. The van der Waals surface area contributed by atoms with Gasteiger partial charge in [-0.3, -0.25) is 0 Å². The molecular formula is C15H18BrN3S. The lowest BCUT2D eigenvalue weighted by Crippen LogP contribution is -2.18. The highest BCUT2D eigenvalue weighted by atomic mass is 79.9. The second-order valence-corrected chi connectivity index (χ2v) is 7.53. The fourth-order valence-electron chi connectivity index (χ4n) is 1.58. The molecule has 2 aromatic rings. The molecule has 0 atom stereocenters. The third-order valence-corrected chi connectivity index (χ3v) is 4.97. The Hall–Kier alpha value is -1.07. The summed E-state index contributed by atoms with van der Waals surface area (Å²) in [4.78, 5) is 10.2. The van der Waals surface area contributed by atoms with Crippen LogP contribution < -0.4 is 5.73 Å². The summed E-state index contributed by atoms with van der Waals surface area (Å²) in [6.07, 6.45) is 0. The number of halogens is 1. The highest BCUT2D eigenvalue weighted by Crippen LogP contribution is 2.36. The molecule has 0 unspecified atom stereocenters. The maximum atomic E-state index is 6.03. The highest BCUT2D eigenvalue weighted by molar-refractivity contribution is 9.10. The molecule has 20 heavy (non-hydrogen) atoms. The molecule has 0 fully saturated rings. The molecule has 106 valence electrons. The minimum absolute atomic E-state index is 0.120. The van der Waals surface area contributed by atoms with E-state index in [-0.39, 0.29) is 5.41 Å². The number of nitrogen functional groups attached to an aromatic ring is 1. The van der Waals surface area contributed by atoms with E-state index in [4.69, 9.17) is 10.7 Å². The molecule has 2 N–H and O–H groups in total. The van der Waals surface area contributed by atoms with Crippen molar-refractivity contribution in [3.8, 4) is 0 Å². The molecular weight excluding hydrogens is 334 g/mol. The Morgan fingerprint density at radius 3 is 2.40 bits per heavy atom. The normalized spacial score (nSPS) is 11.7. The lowest BCUT2D eigenvalue weighted by atomic mass is 9.95. The smallest absolute Gasteiger partial charge is 0.137 e. The maximum Gasteiger partial charge on any atom is 0.137 e. The van der Waals surface area contributed by atoms with Crippen LogP contribution in [0.1, 0.15) is 32.2 Å². The maximum absolute atomic E-state index is 6.03. The number of hydrogen-bond donors (Lipinski definition) is 1. The molecule has 0 radical (unpaired) electrons. The lowest BCUT2D eigenvalue weighted by Gasteiger charge is -2.19. The van der Waals surface area contributed by atoms with Crippen LogP contribution in [0.2, 0.25) is 0 Å². The Bertz CT molecular complexity index is 636. The van der Waals surface area contributed by atoms with Gasteiger partial charge < -0.3 is 5.73 Å². The summed E-state index contributed by atoms with van der Waals surface area (Å²) < 4.78 is 1.05. The Balaban J connectivity index is 2.46. The van der Waals surface area contributed by atoms with Crippen molar-refractivity contribution < 1.29 is 0 Å². The number of nitrogens with zero attached hydrogens (tertiary/aromatic N) is 2. The molecule has 1 aromatic heterocycles. The molecule has 0 amide bonds. The van der Waals surface area contributed by atoms with Gasteiger partial charge in [-0.2, -0.15) is 0 Å². The summed E-state index contributed by atoms with van der Waals surface area (Å²) in [5.41, 5.74) is 6.84. The van der Waals surface area contributed by atoms with Crippen molar-refractivity contribution in [1.82, 2.24) is 9.97 Å². The molecule has 0 bridgehead atoms. The number of anilines is 1. The monoisotopic (exact) mass is 351 g/mol. The van der Waals surface area contributed by atoms with Crippen LogP contribution in [-0.4, -0.2) is 9.97 Å². The Morgan fingerprint density at radius 2 is 1.80 bits per heavy atom. The first-order valence-corrected chi connectivity index (χ1v) is 7.97. The summed E-state index contributed by atoms with van der Waals surface area (Å²) >= 11 is 5.17. The van der Waals surface area contributed by atoms with Gasteiger partial charge in [0.25, 0.3) is 0 Å². The van der Waals surface area contributed by atoms with Gasteiger partial charge in [0.1, 0.15) is 16.7 Å². The minimum atomic E-state index is -0.120. The van der Waals surface area contributed by atoms with Gasteiger partial charge in [0, 0.05) is 20.3 Å². The third-order valence-electron chi connectivity index (χ3n) is 2.85. The van der Waals surface area contributed by atoms with Crippen LogP contribution in [0, 0.1) is 6.92 Å². The van der Waals surface area contributed by atoms with Crippen molar-refractivity contribution in [3.63, 3.8) is 0 Å². The van der Waals surface area contributed by atoms with Crippen LogP contribution in [0.5, 0.6) is 0 Å². The standard InChI is InChI=1S/C15H18BrN3S/c1-9-12(17)18-14(15(2,3)4)19-13(9)20-11-8-6-5-7-10(11)16/h5-8H,1-4H3,(H2,17,18,19). The van der Waals surface area contributed by atoms with Crippen molar-refractivity contribution >= 4 is 33.5 Å². The zero-order chi connectivity index (χ0) is 14.9. The molecule has 2 rings (SSSR count). The SMILES string of the molecule is Cc1c(N)nc(C(C)(C)C)nc1Sc1ccccc1Br. The molecule has 0 saturated carbocycles. The fourth-order valence-corrected chi connectivity index (χ4v) is 3.02. The summed E-state index contributed by atoms with van der Waals surface area (Å²) in [6, 6.07) is 8.09. The molecule has 0 spiro atoms. The topological polar surface area (TPSA) is 51.8 Å². The second kappa shape index (κ2) is 5.74. The zero-order valence-electron chi connectivity index (χ0n) is 12.1. The van der Waals surface area contributed by atoms with Crippen LogP contribution in [0.4, 0.5) is 5.82 Å². The first-order chi connectivity index (χ1) is 9.29. The largest absolute Gasteiger partial charge is 0.383 e. The Morgan fingerprint density at radius 1 is 1.15 bits per heavy atom. The molecule has 0 aliphatic rings. The quantitative estimate of drug-likeness (QED) is 0.804. The van der Waals surface area contributed by atoms with E-state index >= 15 is 0 Å². The van der Waals surface area contributed by atoms with Crippen LogP contribution in [0.3, 0.4) is 0 Å². The van der Waals surface area contributed by atoms with E-state index in [2.05, 4.69) is 47.8 Å². The van der Waals surface area contributed by atoms with E-state index < -0.39 is 0 Å². The van der Waals surface area contributed by atoms with Gasteiger partial charge in [0.05, 0.1) is 0 Å². The minimum Gasteiger partial charge on any atom is -0.383 e. The van der Waals surface area contributed by atoms with Gasteiger partial charge in [0.2, 0.25) is 0 Å². The first-order valence-electron chi connectivity index (χ1n) is 6.36. The molecule has 1 aromatic carbocycles. The second-order valence-electron chi connectivity index (χ2n) is 5.65. The number of nitrogens with two attached hydrogens (primary N) is 1. The Labute approximate surface area is 132 Å². The van der Waals surface area contributed by atoms with E-state index in [1.807, 2.05) is 25.1 Å². The van der Waals surface area contributed by atoms with Crippen LogP contribution in [0.15, 0.2) is 38.7 Å². The van der Waals surface area contributed by atoms with Crippen molar-refractivity contribution in [2.45, 2.75) is 43.0 Å². The molecule has 0 aliphatic heterocycles. The van der Waals surface area contributed by atoms with Gasteiger partial charge >= 0.3 is 0 Å². The van der Waals surface area contributed by atoms with Crippen molar-refractivity contribution in [2.75, 3.05) is 5.73 Å². The van der Waals surface area contributed by atoms with Gasteiger partial charge in [-0.1, -0.05) is 44.7 Å².